The molecule has 0 unspecified atom stereocenters. The van der Waals surface area contributed by atoms with E-state index in [-0.39, 0.29) is 5.91 Å². The van der Waals surface area contributed by atoms with E-state index in [9.17, 15) is 13.2 Å². The van der Waals surface area contributed by atoms with Crippen LogP contribution in [0.25, 0.3) is 11.3 Å². The first kappa shape index (κ1) is 20.6. The average Bonchev–Trinajstić information content (AvgIpc) is 3.15. The number of thiazole rings is 1. The van der Waals surface area contributed by atoms with Crippen LogP contribution in [-0.4, -0.2) is 25.6 Å². The standard InChI is InChI=1S/C22H23N3O3S2/c1-30(27,28)25-19-10-8-17(9-11-19)20-14-29-22(23-20)24-21(26)13-15-6-7-16-4-2-3-5-18(16)12-15/h6-12,14,25H,2-5,13H2,1H3,(H,23,24,26). The SMILES string of the molecule is CS(=O)(=O)Nc1ccc(-c2csc(NC(=O)Cc3ccc4c(c3)CCCC4)n2)cc1. The van der Waals surface area contributed by atoms with Crippen molar-refractivity contribution in [3.05, 3.63) is 64.5 Å². The predicted molar refractivity (Wildman–Crippen MR) is 121 cm³/mol. The Morgan fingerprint density at radius 1 is 1.07 bits per heavy atom. The number of hydrogen-bond donors (Lipinski definition) is 2. The van der Waals surface area contributed by atoms with Gasteiger partial charge in [0.25, 0.3) is 0 Å². The fourth-order valence-corrected chi connectivity index (χ4v) is 4.93. The number of sulfonamides is 1. The smallest absolute Gasteiger partial charge is 0.230 e. The van der Waals surface area contributed by atoms with Crippen LogP contribution in [0.15, 0.2) is 47.8 Å². The lowest BCUT2D eigenvalue weighted by Gasteiger charge is -2.16. The van der Waals surface area contributed by atoms with Crippen molar-refractivity contribution >= 4 is 38.1 Å². The van der Waals surface area contributed by atoms with Crippen molar-refractivity contribution < 1.29 is 13.2 Å². The first-order valence-electron chi connectivity index (χ1n) is 9.80. The number of aromatic nitrogens is 1. The first-order valence-corrected chi connectivity index (χ1v) is 12.6. The van der Waals surface area contributed by atoms with E-state index >= 15 is 0 Å². The molecule has 1 amide bonds. The second kappa shape index (κ2) is 8.57. The highest BCUT2D eigenvalue weighted by atomic mass is 32.2. The van der Waals surface area contributed by atoms with Crippen LogP contribution in [0.1, 0.15) is 29.5 Å². The number of nitrogens with zero attached hydrogens (tertiary/aromatic N) is 1. The maximum Gasteiger partial charge on any atom is 0.230 e. The number of hydrogen-bond acceptors (Lipinski definition) is 5. The molecule has 3 aromatic rings. The number of amides is 1. The quantitative estimate of drug-likeness (QED) is 0.599. The maximum atomic E-state index is 12.5. The van der Waals surface area contributed by atoms with Crippen LogP contribution in [0.5, 0.6) is 0 Å². The average molecular weight is 442 g/mol. The van der Waals surface area contributed by atoms with Crippen LogP contribution < -0.4 is 10.0 Å². The second-order valence-corrected chi connectivity index (χ2v) is 10.1. The van der Waals surface area contributed by atoms with E-state index in [0.717, 1.165) is 35.9 Å². The molecule has 6 nitrogen and oxygen atoms in total. The fourth-order valence-electron chi connectivity index (χ4n) is 3.63. The Hall–Kier alpha value is -2.71. The van der Waals surface area contributed by atoms with Crippen LogP contribution in [0.4, 0.5) is 10.8 Å². The van der Waals surface area contributed by atoms with Crippen molar-refractivity contribution in [2.45, 2.75) is 32.1 Å². The van der Waals surface area contributed by atoms with E-state index in [0.29, 0.717) is 17.2 Å². The van der Waals surface area contributed by atoms with Crippen molar-refractivity contribution in [3.8, 4) is 11.3 Å². The normalized spacial score (nSPS) is 13.5. The number of aryl methyl sites for hydroxylation is 2. The summed E-state index contributed by atoms with van der Waals surface area (Å²) in [6.07, 6.45) is 6.13. The molecule has 0 bridgehead atoms. The Bertz CT molecular complexity index is 1170. The lowest BCUT2D eigenvalue weighted by molar-refractivity contribution is -0.115. The third kappa shape index (κ3) is 5.25. The molecule has 0 fully saturated rings. The summed E-state index contributed by atoms with van der Waals surface area (Å²) in [6, 6.07) is 13.3. The van der Waals surface area contributed by atoms with Gasteiger partial charge in [-0.05, 0) is 54.5 Å². The van der Waals surface area contributed by atoms with Gasteiger partial charge in [0.1, 0.15) is 0 Å². The molecule has 2 N–H and O–H groups in total. The number of carbonyl (C=O) groups is 1. The van der Waals surface area contributed by atoms with Crippen LogP contribution >= 0.6 is 11.3 Å². The summed E-state index contributed by atoms with van der Waals surface area (Å²) in [5, 5.41) is 5.30. The Kier molecular flexibility index (Phi) is 5.87. The molecular weight excluding hydrogens is 418 g/mol. The van der Waals surface area contributed by atoms with Crippen LogP contribution in [0.2, 0.25) is 0 Å². The summed E-state index contributed by atoms with van der Waals surface area (Å²) in [4.78, 5) is 16.9. The van der Waals surface area contributed by atoms with E-state index in [4.69, 9.17) is 0 Å². The summed E-state index contributed by atoms with van der Waals surface area (Å²) in [7, 11) is -3.31. The molecule has 0 aliphatic heterocycles. The van der Waals surface area contributed by atoms with Crippen LogP contribution in [0, 0.1) is 0 Å². The third-order valence-corrected chi connectivity index (χ3v) is 6.38. The van der Waals surface area contributed by atoms with E-state index < -0.39 is 10.0 Å². The molecule has 4 rings (SSSR count). The van der Waals surface area contributed by atoms with Gasteiger partial charge in [-0.2, -0.15) is 0 Å². The highest BCUT2D eigenvalue weighted by molar-refractivity contribution is 7.92. The molecule has 156 valence electrons. The highest BCUT2D eigenvalue weighted by Crippen LogP contribution is 2.27. The van der Waals surface area contributed by atoms with Gasteiger partial charge in [0.05, 0.1) is 18.4 Å². The van der Waals surface area contributed by atoms with Gasteiger partial charge < -0.3 is 5.32 Å². The number of benzene rings is 2. The molecule has 1 aliphatic rings. The largest absolute Gasteiger partial charge is 0.302 e. The molecule has 2 aromatic carbocycles. The molecule has 0 saturated heterocycles. The summed E-state index contributed by atoms with van der Waals surface area (Å²) in [5.74, 6) is -0.0839. The second-order valence-electron chi connectivity index (χ2n) is 7.52. The lowest BCUT2D eigenvalue weighted by Crippen LogP contribution is -2.15. The number of anilines is 2. The van der Waals surface area contributed by atoms with Gasteiger partial charge in [-0.25, -0.2) is 13.4 Å². The first-order chi connectivity index (χ1) is 14.4. The highest BCUT2D eigenvalue weighted by Gasteiger charge is 2.13. The lowest BCUT2D eigenvalue weighted by atomic mass is 9.90. The van der Waals surface area contributed by atoms with Gasteiger partial charge in [0.2, 0.25) is 15.9 Å². The molecule has 1 aliphatic carbocycles. The Balaban J connectivity index is 1.39. The Labute approximate surface area is 180 Å². The Morgan fingerprint density at radius 3 is 2.53 bits per heavy atom. The zero-order valence-electron chi connectivity index (χ0n) is 16.6. The molecule has 30 heavy (non-hydrogen) atoms. The molecule has 0 atom stereocenters. The predicted octanol–water partition coefficient (Wildman–Crippen LogP) is 4.24. The van der Waals surface area contributed by atoms with Gasteiger partial charge in [0.15, 0.2) is 5.13 Å². The summed E-state index contributed by atoms with van der Waals surface area (Å²) in [5.41, 5.74) is 5.88. The summed E-state index contributed by atoms with van der Waals surface area (Å²) >= 11 is 1.37. The van der Waals surface area contributed by atoms with Crippen molar-refractivity contribution in [1.29, 1.82) is 0 Å². The van der Waals surface area contributed by atoms with Crippen LogP contribution in [-0.2, 0) is 34.1 Å². The van der Waals surface area contributed by atoms with Crippen molar-refractivity contribution in [2.75, 3.05) is 16.3 Å². The van der Waals surface area contributed by atoms with E-state index in [1.54, 1.807) is 24.3 Å². The number of rotatable bonds is 6. The van der Waals surface area contributed by atoms with Crippen molar-refractivity contribution in [3.63, 3.8) is 0 Å². The van der Waals surface area contributed by atoms with Gasteiger partial charge >= 0.3 is 0 Å². The molecule has 8 heteroatoms. The monoisotopic (exact) mass is 441 g/mol. The van der Waals surface area contributed by atoms with Gasteiger partial charge in [-0.1, -0.05) is 30.3 Å². The van der Waals surface area contributed by atoms with E-state index in [1.165, 1.54) is 35.3 Å². The Morgan fingerprint density at radius 2 is 1.80 bits per heavy atom. The zero-order valence-corrected chi connectivity index (χ0v) is 18.3. The zero-order chi connectivity index (χ0) is 21.1. The van der Waals surface area contributed by atoms with Crippen LogP contribution in [0.3, 0.4) is 0 Å². The summed E-state index contributed by atoms with van der Waals surface area (Å²) < 4.78 is 25.0. The fraction of sp³-hybridized carbons (Fsp3) is 0.273. The van der Waals surface area contributed by atoms with E-state index in [2.05, 4.69) is 27.2 Å². The minimum Gasteiger partial charge on any atom is -0.302 e. The van der Waals surface area contributed by atoms with Gasteiger partial charge in [-0.15, -0.1) is 11.3 Å². The molecule has 0 spiro atoms. The van der Waals surface area contributed by atoms with Gasteiger partial charge in [-0.3, -0.25) is 9.52 Å². The minimum absolute atomic E-state index is 0.0839. The molecule has 1 aromatic heterocycles. The summed E-state index contributed by atoms with van der Waals surface area (Å²) in [6.45, 7) is 0. The van der Waals surface area contributed by atoms with E-state index in [1.807, 2.05) is 11.4 Å². The topological polar surface area (TPSA) is 88.2 Å². The van der Waals surface area contributed by atoms with Gasteiger partial charge in [0, 0.05) is 16.6 Å². The number of nitrogens with one attached hydrogen (secondary N) is 2. The van der Waals surface area contributed by atoms with Crippen molar-refractivity contribution in [2.24, 2.45) is 0 Å². The molecule has 0 radical (unpaired) electrons. The van der Waals surface area contributed by atoms with Crippen molar-refractivity contribution in [1.82, 2.24) is 4.98 Å². The third-order valence-electron chi connectivity index (χ3n) is 5.01. The number of fused-ring (bicyclic) bond motifs is 1. The molecular formula is C22H23N3O3S2. The maximum absolute atomic E-state index is 12.5. The molecule has 1 heterocycles. The number of carbonyl (C=O) groups excluding carboxylic acids is 1. The molecule has 0 saturated carbocycles. The minimum atomic E-state index is -3.31.